The summed E-state index contributed by atoms with van der Waals surface area (Å²) in [6.07, 6.45) is 8.75. The van der Waals surface area contributed by atoms with Crippen molar-refractivity contribution in [3.8, 4) is 0 Å². The number of fused-ring (bicyclic) bond motifs is 1. The fourth-order valence-electron chi connectivity index (χ4n) is 3.29. The third kappa shape index (κ3) is 2.47. The van der Waals surface area contributed by atoms with E-state index >= 15 is 0 Å². The smallest absolute Gasteiger partial charge is 0.0847 e. The molecule has 1 heteroatoms. The van der Waals surface area contributed by atoms with Crippen molar-refractivity contribution in [2.24, 2.45) is 0 Å². The van der Waals surface area contributed by atoms with E-state index in [-0.39, 0.29) is 0 Å². The van der Waals surface area contributed by atoms with E-state index in [1.165, 1.54) is 44.1 Å². The highest BCUT2D eigenvalue weighted by Gasteiger charge is 2.37. The molecule has 0 N–H and O–H groups in total. The molecule has 1 aromatic carbocycles. The monoisotopic (exact) mass is 244 g/mol. The number of aryl methyl sites for hydroxylation is 2. The maximum atomic E-state index is 5.67. The van der Waals surface area contributed by atoms with Gasteiger partial charge in [-0.25, -0.2) is 0 Å². The van der Waals surface area contributed by atoms with Gasteiger partial charge in [-0.1, -0.05) is 32.0 Å². The minimum atomic E-state index is 0.529. The van der Waals surface area contributed by atoms with E-state index in [2.05, 4.69) is 32.0 Å². The van der Waals surface area contributed by atoms with Crippen LogP contribution in [-0.4, -0.2) is 12.2 Å². The second kappa shape index (κ2) is 5.05. The lowest BCUT2D eigenvalue weighted by atomic mass is 9.86. The van der Waals surface area contributed by atoms with Crippen LogP contribution in [0.4, 0.5) is 0 Å². The lowest BCUT2D eigenvalue weighted by molar-refractivity contribution is 0.353. The summed E-state index contributed by atoms with van der Waals surface area (Å²) in [6.45, 7) is 4.56. The van der Waals surface area contributed by atoms with Gasteiger partial charge in [0.25, 0.3) is 0 Å². The molecule has 98 valence electrons. The number of ether oxygens (including phenoxy) is 1. The molecular formula is C17H24O. The zero-order valence-electron chi connectivity index (χ0n) is 11.6. The van der Waals surface area contributed by atoms with Crippen molar-refractivity contribution in [1.82, 2.24) is 0 Å². The summed E-state index contributed by atoms with van der Waals surface area (Å²) in [5, 5.41) is 0. The molecule has 1 heterocycles. The zero-order valence-corrected chi connectivity index (χ0v) is 11.6. The van der Waals surface area contributed by atoms with Crippen LogP contribution in [0, 0.1) is 0 Å². The predicted octanol–water partition coefficient (Wildman–Crippen LogP) is 4.24. The van der Waals surface area contributed by atoms with Crippen LogP contribution in [0.2, 0.25) is 0 Å². The number of rotatable bonds is 4. The highest BCUT2D eigenvalue weighted by atomic mass is 16.6. The van der Waals surface area contributed by atoms with Crippen LogP contribution in [0.5, 0.6) is 0 Å². The van der Waals surface area contributed by atoms with Crippen molar-refractivity contribution in [1.29, 1.82) is 0 Å². The Morgan fingerprint density at radius 2 is 1.94 bits per heavy atom. The van der Waals surface area contributed by atoms with Crippen LogP contribution in [-0.2, 0) is 17.6 Å². The highest BCUT2D eigenvalue weighted by molar-refractivity contribution is 5.35. The van der Waals surface area contributed by atoms with Crippen molar-refractivity contribution in [2.75, 3.05) is 0 Å². The van der Waals surface area contributed by atoms with Gasteiger partial charge in [-0.2, -0.15) is 0 Å². The van der Waals surface area contributed by atoms with Crippen molar-refractivity contribution >= 4 is 0 Å². The maximum absolute atomic E-state index is 5.67. The molecule has 1 fully saturated rings. The average molecular weight is 244 g/mol. The van der Waals surface area contributed by atoms with Crippen LogP contribution in [0.15, 0.2) is 18.2 Å². The lowest BCUT2D eigenvalue weighted by Gasteiger charge is -2.19. The molecule has 0 amide bonds. The SMILES string of the molecule is CCC1OC1CC(C)c1ccc2c(c1)CCCC2. The van der Waals surface area contributed by atoms with E-state index in [9.17, 15) is 0 Å². The molecule has 1 aliphatic heterocycles. The van der Waals surface area contributed by atoms with Gasteiger partial charge in [0, 0.05) is 0 Å². The second-order valence-electron chi connectivity index (χ2n) is 5.99. The Hall–Kier alpha value is -0.820. The van der Waals surface area contributed by atoms with Gasteiger partial charge in [-0.15, -0.1) is 0 Å². The summed E-state index contributed by atoms with van der Waals surface area (Å²) in [5.41, 5.74) is 4.71. The standard InChI is InChI=1S/C17H24O/c1-3-16-17(18-16)10-12(2)14-9-8-13-6-4-5-7-15(13)11-14/h8-9,11-12,16-17H,3-7,10H2,1-2H3. The summed E-state index contributed by atoms with van der Waals surface area (Å²) in [7, 11) is 0. The molecule has 0 spiro atoms. The van der Waals surface area contributed by atoms with Gasteiger partial charge in [0.15, 0.2) is 0 Å². The van der Waals surface area contributed by atoms with Gasteiger partial charge in [0.2, 0.25) is 0 Å². The number of hydrogen-bond acceptors (Lipinski definition) is 1. The average Bonchev–Trinajstić information content (AvgIpc) is 3.16. The first-order valence-electron chi connectivity index (χ1n) is 7.55. The van der Waals surface area contributed by atoms with Crippen molar-refractivity contribution in [3.05, 3.63) is 34.9 Å². The van der Waals surface area contributed by atoms with E-state index < -0.39 is 0 Å². The van der Waals surface area contributed by atoms with E-state index in [1.807, 2.05) is 0 Å². The largest absolute Gasteiger partial charge is 0.370 e. The zero-order chi connectivity index (χ0) is 12.5. The lowest BCUT2D eigenvalue weighted by Crippen LogP contribution is -2.06. The van der Waals surface area contributed by atoms with E-state index in [0.717, 1.165) is 0 Å². The van der Waals surface area contributed by atoms with Gasteiger partial charge in [-0.05, 0) is 61.1 Å². The Morgan fingerprint density at radius 3 is 2.67 bits per heavy atom. The number of hydrogen-bond donors (Lipinski definition) is 0. The van der Waals surface area contributed by atoms with Gasteiger partial charge in [0.05, 0.1) is 12.2 Å². The quantitative estimate of drug-likeness (QED) is 0.722. The molecular weight excluding hydrogens is 220 g/mol. The van der Waals surface area contributed by atoms with Crippen LogP contribution < -0.4 is 0 Å². The first kappa shape index (κ1) is 12.2. The van der Waals surface area contributed by atoms with Gasteiger partial charge in [-0.3, -0.25) is 0 Å². The molecule has 1 nitrogen and oxygen atoms in total. The topological polar surface area (TPSA) is 12.5 Å². The molecule has 0 bridgehead atoms. The third-order valence-corrected chi connectivity index (χ3v) is 4.62. The Morgan fingerprint density at radius 1 is 1.17 bits per heavy atom. The Labute approximate surface area is 111 Å². The van der Waals surface area contributed by atoms with E-state index in [4.69, 9.17) is 4.74 Å². The Kier molecular flexibility index (Phi) is 3.43. The molecule has 3 rings (SSSR count). The summed E-state index contributed by atoms with van der Waals surface area (Å²) in [4.78, 5) is 0. The molecule has 1 saturated heterocycles. The van der Waals surface area contributed by atoms with Crippen LogP contribution >= 0.6 is 0 Å². The maximum Gasteiger partial charge on any atom is 0.0847 e. The molecule has 1 aliphatic carbocycles. The van der Waals surface area contributed by atoms with Crippen LogP contribution in [0.25, 0.3) is 0 Å². The van der Waals surface area contributed by atoms with E-state index in [1.54, 1.807) is 11.1 Å². The first-order valence-corrected chi connectivity index (χ1v) is 7.55. The van der Waals surface area contributed by atoms with Gasteiger partial charge in [0.1, 0.15) is 0 Å². The molecule has 0 aromatic heterocycles. The number of epoxide rings is 1. The molecule has 2 aliphatic rings. The summed E-state index contributed by atoms with van der Waals surface area (Å²) in [6, 6.07) is 7.17. The minimum Gasteiger partial charge on any atom is -0.370 e. The molecule has 0 radical (unpaired) electrons. The Bertz CT molecular complexity index is 424. The van der Waals surface area contributed by atoms with Crippen molar-refractivity contribution < 1.29 is 4.74 Å². The molecule has 1 aromatic rings. The molecule has 18 heavy (non-hydrogen) atoms. The van der Waals surface area contributed by atoms with Crippen molar-refractivity contribution in [3.63, 3.8) is 0 Å². The van der Waals surface area contributed by atoms with E-state index in [0.29, 0.717) is 18.1 Å². The van der Waals surface area contributed by atoms with Crippen LogP contribution in [0.3, 0.4) is 0 Å². The second-order valence-corrected chi connectivity index (χ2v) is 5.99. The van der Waals surface area contributed by atoms with Crippen LogP contribution in [0.1, 0.15) is 62.1 Å². The third-order valence-electron chi connectivity index (χ3n) is 4.62. The van der Waals surface area contributed by atoms with Gasteiger partial charge >= 0.3 is 0 Å². The summed E-state index contributed by atoms with van der Waals surface area (Å²) >= 11 is 0. The minimum absolute atomic E-state index is 0.529. The Balaban J connectivity index is 1.68. The van der Waals surface area contributed by atoms with Gasteiger partial charge < -0.3 is 4.74 Å². The molecule has 3 unspecified atom stereocenters. The summed E-state index contributed by atoms with van der Waals surface area (Å²) < 4.78 is 5.67. The normalized spacial score (nSPS) is 27.7. The first-order chi connectivity index (χ1) is 8.78. The molecule has 3 atom stereocenters. The number of benzene rings is 1. The predicted molar refractivity (Wildman–Crippen MR) is 75.1 cm³/mol. The fraction of sp³-hybridized carbons (Fsp3) is 0.647. The fourth-order valence-corrected chi connectivity index (χ4v) is 3.29. The van der Waals surface area contributed by atoms with Crippen molar-refractivity contribution in [2.45, 2.75) is 70.5 Å². The molecule has 0 saturated carbocycles. The summed E-state index contributed by atoms with van der Waals surface area (Å²) in [5.74, 6) is 0.638. The highest BCUT2D eigenvalue weighted by Crippen LogP contribution is 2.35.